The molecule has 1 fully saturated rings. The van der Waals surface area contributed by atoms with E-state index in [1.165, 1.54) is 24.6 Å². The second-order valence-electron chi connectivity index (χ2n) is 6.50. The molecule has 0 unspecified atom stereocenters. The molecular weight excluding hydrogens is 370 g/mol. The summed E-state index contributed by atoms with van der Waals surface area (Å²) in [5.41, 5.74) is 1.95. The van der Waals surface area contributed by atoms with Crippen LogP contribution in [0.3, 0.4) is 0 Å². The Hall–Kier alpha value is -2.10. The van der Waals surface area contributed by atoms with Crippen LogP contribution in [0.4, 0.5) is 0 Å². The van der Waals surface area contributed by atoms with Crippen molar-refractivity contribution in [1.82, 2.24) is 14.4 Å². The van der Waals surface area contributed by atoms with Crippen LogP contribution in [-0.4, -0.2) is 63.2 Å². The Balaban J connectivity index is 1.73. The lowest BCUT2D eigenvalue weighted by atomic mass is 10.2. The predicted octanol–water partition coefficient (Wildman–Crippen LogP) is 1.82. The fraction of sp³-hybridized carbons (Fsp3) is 0.500. The summed E-state index contributed by atoms with van der Waals surface area (Å²) in [6.07, 6.45) is 0. The van der Waals surface area contributed by atoms with Gasteiger partial charge in [-0.15, -0.1) is 0 Å². The molecule has 1 aliphatic heterocycles. The first-order valence-corrected chi connectivity index (χ1v) is 10.2. The standard InChI is InChI=1S/C18H25N3O5S/c1-13-16(14(2)26-19-13)12-20-7-9-21(10-8-20)27(22,23)18-11-15(24-3)5-6-17(18)25-4/h5-6,11H,7-10,12H2,1-4H3. The summed E-state index contributed by atoms with van der Waals surface area (Å²) >= 11 is 0. The number of piperazine rings is 1. The first kappa shape index (κ1) is 19.7. The van der Waals surface area contributed by atoms with Crippen LogP contribution in [0.5, 0.6) is 11.5 Å². The Labute approximate surface area is 159 Å². The van der Waals surface area contributed by atoms with E-state index in [2.05, 4.69) is 10.1 Å². The van der Waals surface area contributed by atoms with Crippen molar-refractivity contribution < 1.29 is 22.4 Å². The van der Waals surface area contributed by atoms with E-state index >= 15 is 0 Å². The van der Waals surface area contributed by atoms with Gasteiger partial charge in [0.25, 0.3) is 0 Å². The lowest BCUT2D eigenvalue weighted by molar-refractivity contribution is 0.180. The summed E-state index contributed by atoms with van der Waals surface area (Å²) in [5, 5.41) is 3.98. The number of hydrogen-bond donors (Lipinski definition) is 0. The van der Waals surface area contributed by atoms with Gasteiger partial charge in [-0.3, -0.25) is 4.90 Å². The van der Waals surface area contributed by atoms with Gasteiger partial charge in [0.2, 0.25) is 10.0 Å². The number of nitrogens with zero attached hydrogens (tertiary/aromatic N) is 3. The molecule has 1 aromatic heterocycles. The first-order valence-electron chi connectivity index (χ1n) is 8.73. The molecule has 2 heterocycles. The highest BCUT2D eigenvalue weighted by atomic mass is 32.2. The lowest BCUT2D eigenvalue weighted by Crippen LogP contribution is -2.48. The van der Waals surface area contributed by atoms with Crippen molar-refractivity contribution in [1.29, 1.82) is 0 Å². The summed E-state index contributed by atoms with van der Waals surface area (Å²) in [6, 6.07) is 4.79. The smallest absolute Gasteiger partial charge is 0.246 e. The Morgan fingerprint density at radius 2 is 1.81 bits per heavy atom. The van der Waals surface area contributed by atoms with Gasteiger partial charge in [-0.05, 0) is 26.0 Å². The number of aromatic nitrogens is 1. The number of sulfonamides is 1. The molecule has 0 bridgehead atoms. The molecule has 27 heavy (non-hydrogen) atoms. The van der Waals surface area contributed by atoms with E-state index < -0.39 is 10.0 Å². The fourth-order valence-electron chi connectivity index (χ4n) is 3.20. The molecule has 1 aromatic carbocycles. The molecule has 0 N–H and O–H groups in total. The number of hydrogen-bond acceptors (Lipinski definition) is 7. The van der Waals surface area contributed by atoms with Gasteiger partial charge >= 0.3 is 0 Å². The normalized spacial score (nSPS) is 16.4. The molecule has 148 valence electrons. The quantitative estimate of drug-likeness (QED) is 0.737. The third-order valence-corrected chi connectivity index (χ3v) is 6.80. The van der Waals surface area contributed by atoms with Crippen molar-refractivity contribution in [2.45, 2.75) is 25.3 Å². The van der Waals surface area contributed by atoms with Gasteiger partial charge in [0.05, 0.1) is 19.9 Å². The maximum absolute atomic E-state index is 13.1. The third kappa shape index (κ3) is 3.95. The molecule has 0 radical (unpaired) electrons. The highest BCUT2D eigenvalue weighted by Gasteiger charge is 2.31. The highest BCUT2D eigenvalue weighted by Crippen LogP contribution is 2.31. The van der Waals surface area contributed by atoms with Gasteiger partial charge < -0.3 is 14.0 Å². The van der Waals surface area contributed by atoms with Crippen molar-refractivity contribution in [3.63, 3.8) is 0 Å². The Morgan fingerprint density at radius 1 is 1.11 bits per heavy atom. The van der Waals surface area contributed by atoms with Crippen molar-refractivity contribution >= 4 is 10.0 Å². The van der Waals surface area contributed by atoms with Crippen LogP contribution >= 0.6 is 0 Å². The molecule has 1 aliphatic rings. The van der Waals surface area contributed by atoms with E-state index in [0.717, 1.165) is 17.0 Å². The number of methoxy groups -OCH3 is 2. The predicted molar refractivity (Wildman–Crippen MR) is 99.6 cm³/mol. The molecule has 0 amide bonds. The zero-order valence-corrected chi connectivity index (χ0v) is 16.9. The summed E-state index contributed by atoms with van der Waals surface area (Å²) in [7, 11) is -0.702. The second-order valence-corrected chi connectivity index (χ2v) is 8.41. The maximum Gasteiger partial charge on any atom is 0.246 e. The number of rotatable bonds is 6. The topological polar surface area (TPSA) is 85.1 Å². The zero-order valence-electron chi connectivity index (χ0n) is 16.1. The fourth-order valence-corrected chi connectivity index (χ4v) is 4.80. The summed E-state index contributed by atoms with van der Waals surface area (Å²) in [4.78, 5) is 2.34. The second kappa shape index (κ2) is 7.87. The van der Waals surface area contributed by atoms with Gasteiger partial charge in [-0.1, -0.05) is 5.16 Å². The van der Waals surface area contributed by atoms with E-state index in [4.69, 9.17) is 14.0 Å². The van der Waals surface area contributed by atoms with Crippen LogP contribution in [0.15, 0.2) is 27.6 Å². The molecule has 0 aliphatic carbocycles. The van der Waals surface area contributed by atoms with Crippen LogP contribution in [0, 0.1) is 13.8 Å². The van der Waals surface area contributed by atoms with Crippen molar-refractivity contribution in [2.24, 2.45) is 0 Å². The van der Waals surface area contributed by atoms with E-state index in [0.29, 0.717) is 44.2 Å². The van der Waals surface area contributed by atoms with E-state index in [1.807, 2.05) is 13.8 Å². The van der Waals surface area contributed by atoms with Gasteiger partial charge in [-0.2, -0.15) is 4.31 Å². The van der Waals surface area contributed by atoms with Gasteiger partial charge in [0.1, 0.15) is 22.2 Å². The zero-order chi connectivity index (χ0) is 19.6. The first-order chi connectivity index (χ1) is 12.9. The molecule has 1 saturated heterocycles. The van der Waals surface area contributed by atoms with E-state index in [1.54, 1.807) is 12.1 Å². The van der Waals surface area contributed by atoms with Crippen molar-refractivity contribution in [2.75, 3.05) is 40.4 Å². The van der Waals surface area contributed by atoms with Gasteiger partial charge in [0, 0.05) is 44.4 Å². The van der Waals surface area contributed by atoms with E-state index in [9.17, 15) is 8.42 Å². The Kier molecular flexibility index (Phi) is 5.73. The SMILES string of the molecule is COc1ccc(OC)c(S(=O)(=O)N2CCN(Cc3c(C)noc3C)CC2)c1. The summed E-state index contributed by atoms with van der Waals surface area (Å²) in [6.45, 7) is 6.60. The van der Waals surface area contributed by atoms with Crippen LogP contribution in [0.1, 0.15) is 17.0 Å². The Bertz CT molecular complexity index is 882. The lowest BCUT2D eigenvalue weighted by Gasteiger charge is -2.34. The monoisotopic (exact) mass is 395 g/mol. The summed E-state index contributed by atoms with van der Waals surface area (Å²) in [5.74, 6) is 1.60. The Morgan fingerprint density at radius 3 is 2.37 bits per heavy atom. The molecule has 0 atom stereocenters. The average Bonchev–Trinajstić information content (AvgIpc) is 3.00. The highest BCUT2D eigenvalue weighted by molar-refractivity contribution is 7.89. The number of benzene rings is 1. The van der Waals surface area contributed by atoms with Crippen LogP contribution in [-0.2, 0) is 16.6 Å². The minimum absolute atomic E-state index is 0.128. The molecule has 9 heteroatoms. The third-order valence-electron chi connectivity index (χ3n) is 4.88. The summed E-state index contributed by atoms with van der Waals surface area (Å²) < 4.78 is 43.4. The van der Waals surface area contributed by atoms with Gasteiger partial charge in [-0.25, -0.2) is 8.42 Å². The van der Waals surface area contributed by atoms with Gasteiger partial charge in [0.15, 0.2) is 0 Å². The minimum atomic E-state index is -3.67. The minimum Gasteiger partial charge on any atom is -0.497 e. The molecule has 8 nitrogen and oxygen atoms in total. The maximum atomic E-state index is 13.1. The van der Waals surface area contributed by atoms with Crippen molar-refractivity contribution in [3.05, 3.63) is 35.2 Å². The number of ether oxygens (including phenoxy) is 2. The largest absolute Gasteiger partial charge is 0.497 e. The van der Waals surface area contributed by atoms with E-state index in [-0.39, 0.29) is 4.90 Å². The van der Waals surface area contributed by atoms with Crippen molar-refractivity contribution in [3.8, 4) is 11.5 Å². The average molecular weight is 395 g/mol. The van der Waals surface area contributed by atoms with Crippen LogP contribution in [0.25, 0.3) is 0 Å². The van der Waals surface area contributed by atoms with Crippen LogP contribution < -0.4 is 9.47 Å². The number of aryl methyl sites for hydroxylation is 2. The molecule has 3 rings (SSSR count). The van der Waals surface area contributed by atoms with Crippen LogP contribution in [0.2, 0.25) is 0 Å². The molecule has 0 saturated carbocycles. The molecule has 0 spiro atoms. The molecule has 2 aromatic rings. The molecular formula is C18H25N3O5S.